The third-order valence-corrected chi connectivity index (χ3v) is 2.90. The first-order chi connectivity index (χ1) is 9.69. The number of phenolic OH excluding ortho intramolecular Hbond substituents is 1. The molecule has 0 amide bonds. The van der Waals surface area contributed by atoms with Gasteiger partial charge in [-0.05, 0) is 25.5 Å². The Kier molecular flexibility index (Phi) is 4.57. The molecule has 0 aliphatic rings. The lowest BCUT2D eigenvalue weighted by Crippen LogP contribution is -2.04. The molecule has 2 rings (SSSR count). The molecule has 0 spiro atoms. The summed E-state index contributed by atoms with van der Waals surface area (Å²) in [5.74, 6) is 1.34. The molecule has 1 atom stereocenters. The third-order valence-electron chi connectivity index (χ3n) is 2.90. The van der Waals surface area contributed by atoms with Gasteiger partial charge < -0.3 is 19.1 Å². The SMILES string of the molecule is CCOC(CC)c1noc(-c2ccc(OC)cc2O)n1. The number of aromatic nitrogens is 2. The van der Waals surface area contributed by atoms with Gasteiger partial charge in [-0.15, -0.1) is 0 Å². The number of methoxy groups -OCH3 is 1. The highest BCUT2D eigenvalue weighted by Gasteiger charge is 2.19. The second-order valence-corrected chi connectivity index (χ2v) is 4.19. The van der Waals surface area contributed by atoms with Crippen molar-refractivity contribution in [2.75, 3.05) is 13.7 Å². The van der Waals surface area contributed by atoms with Crippen molar-refractivity contribution in [3.05, 3.63) is 24.0 Å². The Morgan fingerprint density at radius 1 is 1.35 bits per heavy atom. The van der Waals surface area contributed by atoms with Crippen LogP contribution in [-0.2, 0) is 4.74 Å². The number of hydrogen-bond donors (Lipinski definition) is 1. The molecule has 2 aromatic rings. The highest BCUT2D eigenvalue weighted by atomic mass is 16.5. The van der Waals surface area contributed by atoms with E-state index in [1.165, 1.54) is 13.2 Å². The lowest BCUT2D eigenvalue weighted by Gasteiger charge is -2.09. The molecule has 0 saturated heterocycles. The predicted octanol–water partition coefficient (Wildman–Crippen LogP) is 2.94. The Bertz CT molecular complexity index is 568. The van der Waals surface area contributed by atoms with Crippen LogP contribution in [0.2, 0.25) is 0 Å². The van der Waals surface area contributed by atoms with Gasteiger partial charge in [0.1, 0.15) is 17.6 Å². The fourth-order valence-electron chi connectivity index (χ4n) is 1.87. The number of rotatable bonds is 6. The minimum atomic E-state index is -0.196. The van der Waals surface area contributed by atoms with E-state index in [1.54, 1.807) is 12.1 Å². The van der Waals surface area contributed by atoms with E-state index < -0.39 is 0 Å². The van der Waals surface area contributed by atoms with E-state index in [-0.39, 0.29) is 17.7 Å². The van der Waals surface area contributed by atoms with Crippen molar-refractivity contribution in [3.8, 4) is 23.0 Å². The minimum absolute atomic E-state index is 0.0315. The molecule has 0 fully saturated rings. The summed E-state index contributed by atoms with van der Waals surface area (Å²) in [6.07, 6.45) is 0.555. The van der Waals surface area contributed by atoms with Crippen LogP contribution in [-0.4, -0.2) is 29.0 Å². The number of hydrogen-bond acceptors (Lipinski definition) is 6. The highest BCUT2D eigenvalue weighted by molar-refractivity contribution is 5.63. The van der Waals surface area contributed by atoms with Crippen molar-refractivity contribution in [2.24, 2.45) is 0 Å². The molecule has 6 heteroatoms. The van der Waals surface area contributed by atoms with Gasteiger partial charge in [0.15, 0.2) is 0 Å². The standard InChI is InChI=1S/C14H18N2O4/c1-4-12(19-5-2)13-15-14(20-16-13)10-7-6-9(18-3)8-11(10)17/h6-8,12,17H,4-5H2,1-3H3. The molecule has 108 valence electrons. The van der Waals surface area contributed by atoms with E-state index in [9.17, 15) is 5.11 Å². The minimum Gasteiger partial charge on any atom is -0.507 e. The molecule has 0 bridgehead atoms. The summed E-state index contributed by atoms with van der Waals surface area (Å²) >= 11 is 0. The molecular weight excluding hydrogens is 260 g/mol. The second-order valence-electron chi connectivity index (χ2n) is 4.19. The summed E-state index contributed by atoms with van der Waals surface area (Å²) in [5, 5.41) is 13.9. The number of nitrogens with zero attached hydrogens (tertiary/aromatic N) is 2. The van der Waals surface area contributed by atoms with Gasteiger partial charge in [0, 0.05) is 12.7 Å². The smallest absolute Gasteiger partial charge is 0.261 e. The predicted molar refractivity (Wildman–Crippen MR) is 72.6 cm³/mol. The highest BCUT2D eigenvalue weighted by Crippen LogP contribution is 2.32. The third kappa shape index (κ3) is 2.91. The van der Waals surface area contributed by atoms with Crippen molar-refractivity contribution in [1.82, 2.24) is 10.1 Å². The van der Waals surface area contributed by atoms with Gasteiger partial charge >= 0.3 is 0 Å². The average Bonchev–Trinajstić information content (AvgIpc) is 2.93. The topological polar surface area (TPSA) is 77.6 Å². The molecular formula is C14H18N2O4. The van der Waals surface area contributed by atoms with Crippen molar-refractivity contribution >= 4 is 0 Å². The quantitative estimate of drug-likeness (QED) is 0.875. The van der Waals surface area contributed by atoms with Gasteiger partial charge in [-0.3, -0.25) is 0 Å². The fraction of sp³-hybridized carbons (Fsp3) is 0.429. The molecule has 1 aromatic heterocycles. The van der Waals surface area contributed by atoms with Crippen LogP contribution in [0.15, 0.2) is 22.7 Å². The Hall–Kier alpha value is -2.08. The van der Waals surface area contributed by atoms with Gasteiger partial charge in [-0.2, -0.15) is 4.98 Å². The normalized spacial score (nSPS) is 12.3. The Balaban J connectivity index is 2.28. The van der Waals surface area contributed by atoms with E-state index in [4.69, 9.17) is 14.0 Å². The Morgan fingerprint density at radius 3 is 2.75 bits per heavy atom. The first-order valence-electron chi connectivity index (χ1n) is 6.52. The summed E-state index contributed by atoms with van der Waals surface area (Å²) in [5.41, 5.74) is 0.468. The van der Waals surface area contributed by atoms with Gasteiger partial charge in [0.2, 0.25) is 5.82 Å². The average molecular weight is 278 g/mol. The summed E-state index contributed by atoms with van der Waals surface area (Å²) < 4.78 is 15.7. The molecule has 0 saturated carbocycles. The number of benzene rings is 1. The van der Waals surface area contributed by atoms with Gasteiger partial charge in [-0.1, -0.05) is 12.1 Å². The zero-order chi connectivity index (χ0) is 14.5. The lowest BCUT2D eigenvalue weighted by atomic mass is 10.2. The van der Waals surface area contributed by atoms with Crippen molar-refractivity contribution in [1.29, 1.82) is 0 Å². The zero-order valence-electron chi connectivity index (χ0n) is 11.8. The summed E-state index contributed by atoms with van der Waals surface area (Å²) in [4.78, 5) is 4.28. The first kappa shape index (κ1) is 14.3. The van der Waals surface area contributed by atoms with E-state index in [2.05, 4.69) is 10.1 Å². The first-order valence-corrected chi connectivity index (χ1v) is 6.52. The molecule has 0 aliphatic carbocycles. The molecule has 1 heterocycles. The Labute approximate surface area is 117 Å². The number of ether oxygens (including phenoxy) is 2. The molecule has 1 aromatic carbocycles. The summed E-state index contributed by atoms with van der Waals surface area (Å²) in [6, 6.07) is 4.89. The largest absolute Gasteiger partial charge is 0.507 e. The molecule has 0 aliphatic heterocycles. The second kappa shape index (κ2) is 6.38. The van der Waals surface area contributed by atoms with Crippen LogP contribution < -0.4 is 4.74 Å². The van der Waals surface area contributed by atoms with Crippen LogP contribution in [0.5, 0.6) is 11.5 Å². The van der Waals surface area contributed by atoms with Crippen LogP contribution in [0.3, 0.4) is 0 Å². The van der Waals surface area contributed by atoms with Crippen molar-refractivity contribution in [2.45, 2.75) is 26.4 Å². The maximum absolute atomic E-state index is 9.95. The fourth-order valence-corrected chi connectivity index (χ4v) is 1.87. The molecule has 1 N–H and O–H groups in total. The van der Waals surface area contributed by atoms with Gasteiger partial charge in [0.05, 0.1) is 12.7 Å². The van der Waals surface area contributed by atoms with Gasteiger partial charge in [-0.25, -0.2) is 0 Å². The molecule has 1 unspecified atom stereocenters. The van der Waals surface area contributed by atoms with Crippen LogP contribution >= 0.6 is 0 Å². The van der Waals surface area contributed by atoms with Crippen LogP contribution in [0, 0.1) is 0 Å². The molecule has 6 nitrogen and oxygen atoms in total. The van der Waals surface area contributed by atoms with Crippen molar-refractivity contribution in [3.63, 3.8) is 0 Å². The van der Waals surface area contributed by atoms with E-state index in [1.807, 2.05) is 13.8 Å². The maximum atomic E-state index is 9.95. The number of phenols is 1. The van der Waals surface area contributed by atoms with Gasteiger partial charge in [0.25, 0.3) is 5.89 Å². The lowest BCUT2D eigenvalue weighted by molar-refractivity contribution is 0.0518. The van der Waals surface area contributed by atoms with Crippen LogP contribution in [0.25, 0.3) is 11.5 Å². The molecule has 20 heavy (non-hydrogen) atoms. The van der Waals surface area contributed by atoms with E-state index in [0.717, 1.165) is 6.42 Å². The maximum Gasteiger partial charge on any atom is 0.261 e. The number of aromatic hydroxyl groups is 1. The summed E-state index contributed by atoms with van der Waals surface area (Å²) in [6.45, 7) is 4.48. The van der Waals surface area contributed by atoms with Crippen molar-refractivity contribution < 1.29 is 19.1 Å². The van der Waals surface area contributed by atoms with E-state index in [0.29, 0.717) is 23.7 Å². The monoisotopic (exact) mass is 278 g/mol. The van der Waals surface area contributed by atoms with Crippen LogP contribution in [0.1, 0.15) is 32.2 Å². The zero-order valence-corrected chi connectivity index (χ0v) is 11.8. The Morgan fingerprint density at radius 2 is 2.15 bits per heavy atom. The van der Waals surface area contributed by atoms with E-state index >= 15 is 0 Å². The summed E-state index contributed by atoms with van der Waals surface area (Å²) in [7, 11) is 1.53. The van der Waals surface area contributed by atoms with Crippen LogP contribution in [0.4, 0.5) is 0 Å². The molecule has 0 radical (unpaired) electrons.